The summed E-state index contributed by atoms with van der Waals surface area (Å²) in [5.74, 6) is 1.38. The maximum absolute atomic E-state index is 6.15. The molecule has 118 valence electrons. The molecule has 0 bridgehead atoms. The quantitative estimate of drug-likeness (QED) is 0.836. The molecule has 0 aromatic heterocycles. The summed E-state index contributed by atoms with van der Waals surface area (Å²) < 4.78 is 5.65. The Labute approximate surface area is 129 Å². The van der Waals surface area contributed by atoms with Crippen LogP contribution >= 0.6 is 0 Å². The van der Waals surface area contributed by atoms with Crippen molar-refractivity contribution in [1.82, 2.24) is 4.90 Å². The van der Waals surface area contributed by atoms with Crippen LogP contribution in [0.4, 0.5) is 0 Å². The van der Waals surface area contributed by atoms with Gasteiger partial charge in [0.25, 0.3) is 0 Å². The zero-order chi connectivity index (χ0) is 15.1. The van der Waals surface area contributed by atoms with Crippen LogP contribution in [0, 0.1) is 0 Å². The zero-order valence-electron chi connectivity index (χ0n) is 13.6. The van der Waals surface area contributed by atoms with Gasteiger partial charge in [-0.25, -0.2) is 0 Å². The molecular formula is C18H30N2O. The topological polar surface area (TPSA) is 38.5 Å². The first-order valence-electron chi connectivity index (χ1n) is 8.47. The Hall–Kier alpha value is -1.06. The third-order valence-corrected chi connectivity index (χ3v) is 4.49. The second kappa shape index (κ2) is 8.40. The van der Waals surface area contributed by atoms with Crippen LogP contribution in [0.2, 0.25) is 0 Å². The lowest BCUT2D eigenvalue weighted by Gasteiger charge is -2.40. The fourth-order valence-electron chi connectivity index (χ4n) is 3.55. The fourth-order valence-corrected chi connectivity index (χ4v) is 3.55. The first-order chi connectivity index (χ1) is 10.3. The number of likely N-dealkylation sites (tertiary alicyclic amines) is 1. The minimum atomic E-state index is 0.414. The second-order valence-electron chi connectivity index (χ2n) is 5.95. The Balaban J connectivity index is 2.18. The molecule has 21 heavy (non-hydrogen) atoms. The molecule has 0 radical (unpaired) electrons. The van der Waals surface area contributed by atoms with Crippen molar-refractivity contribution in [3.05, 3.63) is 29.8 Å². The summed E-state index contributed by atoms with van der Waals surface area (Å²) in [4.78, 5) is 2.65. The molecule has 1 aromatic rings. The molecule has 0 amide bonds. The van der Waals surface area contributed by atoms with Crippen LogP contribution in [0.15, 0.2) is 24.3 Å². The van der Waals surface area contributed by atoms with Gasteiger partial charge in [0.1, 0.15) is 5.75 Å². The molecule has 1 aliphatic heterocycles. The molecule has 1 aliphatic rings. The Morgan fingerprint density at radius 1 is 1.33 bits per heavy atom. The summed E-state index contributed by atoms with van der Waals surface area (Å²) in [6.07, 6.45) is 5.13. The lowest BCUT2D eigenvalue weighted by molar-refractivity contribution is 0.127. The molecule has 2 atom stereocenters. The van der Waals surface area contributed by atoms with Crippen molar-refractivity contribution in [2.45, 2.75) is 51.5 Å². The molecule has 0 saturated carbocycles. The van der Waals surface area contributed by atoms with Gasteiger partial charge in [-0.05, 0) is 57.0 Å². The maximum Gasteiger partial charge on any atom is 0.119 e. The van der Waals surface area contributed by atoms with E-state index in [1.54, 1.807) is 0 Å². The molecule has 1 heterocycles. The summed E-state index contributed by atoms with van der Waals surface area (Å²) in [5.41, 5.74) is 7.48. The Morgan fingerprint density at radius 2 is 2.19 bits per heavy atom. The van der Waals surface area contributed by atoms with Gasteiger partial charge in [0.05, 0.1) is 6.61 Å². The zero-order valence-corrected chi connectivity index (χ0v) is 13.6. The van der Waals surface area contributed by atoms with E-state index in [4.69, 9.17) is 10.5 Å². The van der Waals surface area contributed by atoms with E-state index in [1.807, 2.05) is 13.0 Å². The molecule has 3 nitrogen and oxygen atoms in total. The van der Waals surface area contributed by atoms with Gasteiger partial charge in [0.15, 0.2) is 0 Å². The van der Waals surface area contributed by atoms with Gasteiger partial charge in [-0.3, -0.25) is 4.90 Å². The van der Waals surface area contributed by atoms with Crippen molar-refractivity contribution >= 4 is 0 Å². The van der Waals surface area contributed by atoms with Crippen molar-refractivity contribution in [1.29, 1.82) is 0 Å². The predicted molar refractivity (Wildman–Crippen MR) is 88.9 cm³/mol. The summed E-state index contributed by atoms with van der Waals surface area (Å²) in [7, 11) is 0. The number of ether oxygens (including phenoxy) is 1. The highest BCUT2D eigenvalue weighted by Gasteiger charge is 2.29. The van der Waals surface area contributed by atoms with Crippen LogP contribution in [0.25, 0.3) is 0 Å². The van der Waals surface area contributed by atoms with E-state index < -0.39 is 0 Å². The lowest BCUT2D eigenvalue weighted by Crippen LogP contribution is -2.45. The molecule has 0 spiro atoms. The van der Waals surface area contributed by atoms with Gasteiger partial charge in [0.2, 0.25) is 0 Å². The Morgan fingerprint density at radius 3 is 2.90 bits per heavy atom. The smallest absolute Gasteiger partial charge is 0.119 e. The molecule has 3 heteroatoms. The SMILES string of the molecule is CCCN1CCCCC1C(CN)c1cccc(OCC)c1. The minimum absolute atomic E-state index is 0.414. The number of hydrogen-bond acceptors (Lipinski definition) is 3. The van der Waals surface area contributed by atoms with Crippen LogP contribution in [-0.4, -0.2) is 37.2 Å². The molecule has 1 saturated heterocycles. The largest absolute Gasteiger partial charge is 0.494 e. The Kier molecular flexibility index (Phi) is 6.52. The average Bonchev–Trinajstić information content (AvgIpc) is 2.51. The van der Waals surface area contributed by atoms with Crippen LogP contribution in [-0.2, 0) is 0 Å². The van der Waals surface area contributed by atoms with Crippen molar-refractivity contribution in [3.8, 4) is 5.75 Å². The highest BCUT2D eigenvalue weighted by molar-refractivity contribution is 5.32. The molecule has 2 unspecified atom stereocenters. The Bertz CT molecular complexity index is 419. The average molecular weight is 290 g/mol. The van der Waals surface area contributed by atoms with Gasteiger partial charge in [-0.2, -0.15) is 0 Å². The number of benzene rings is 1. The van der Waals surface area contributed by atoms with Crippen LogP contribution in [0.5, 0.6) is 5.75 Å². The first-order valence-corrected chi connectivity index (χ1v) is 8.47. The highest BCUT2D eigenvalue weighted by atomic mass is 16.5. The fraction of sp³-hybridized carbons (Fsp3) is 0.667. The summed E-state index contributed by atoms with van der Waals surface area (Å²) in [5, 5.41) is 0. The molecule has 1 aromatic carbocycles. The number of piperidine rings is 1. The maximum atomic E-state index is 6.15. The van der Waals surface area contributed by atoms with E-state index in [2.05, 4.69) is 30.0 Å². The predicted octanol–water partition coefficient (Wildman–Crippen LogP) is 3.39. The summed E-state index contributed by atoms with van der Waals surface area (Å²) in [6, 6.07) is 9.10. The molecular weight excluding hydrogens is 260 g/mol. The van der Waals surface area contributed by atoms with E-state index in [9.17, 15) is 0 Å². The number of hydrogen-bond donors (Lipinski definition) is 1. The first kappa shape index (κ1) is 16.3. The molecule has 2 rings (SSSR count). The van der Waals surface area contributed by atoms with Gasteiger partial charge in [-0.15, -0.1) is 0 Å². The van der Waals surface area contributed by atoms with Crippen LogP contribution in [0.3, 0.4) is 0 Å². The third-order valence-electron chi connectivity index (χ3n) is 4.49. The summed E-state index contributed by atoms with van der Waals surface area (Å²) in [6.45, 7) is 8.12. The molecule has 2 N–H and O–H groups in total. The third kappa shape index (κ3) is 4.21. The molecule has 0 aliphatic carbocycles. The normalized spacial score (nSPS) is 21.2. The minimum Gasteiger partial charge on any atom is -0.494 e. The van der Waals surface area contributed by atoms with Crippen molar-refractivity contribution < 1.29 is 4.74 Å². The lowest BCUT2D eigenvalue weighted by atomic mass is 9.85. The second-order valence-corrected chi connectivity index (χ2v) is 5.95. The van der Waals surface area contributed by atoms with E-state index >= 15 is 0 Å². The highest BCUT2D eigenvalue weighted by Crippen LogP contribution is 2.31. The van der Waals surface area contributed by atoms with E-state index in [-0.39, 0.29) is 0 Å². The van der Waals surface area contributed by atoms with E-state index in [1.165, 1.54) is 44.3 Å². The van der Waals surface area contributed by atoms with Gasteiger partial charge < -0.3 is 10.5 Å². The summed E-state index contributed by atoms with van der Waals surface area (Å²) >= 11 is 0. The van der Waals surface area contributed by atoms with Crippen molar-refractivity contribution in [2.75, 3.05) is 26.2 Å². The van der Waals surface area contributed by atoms with E-state index in [0.29, 0.717) is 25.1 Å². The van der Waals surface area contributed by atoms with Crippen LogP contribution < -0.4 is 10.5 Å². The van der Waals surface area contributed by atoms with Crippen LogP contribution in [0.1, 0.15) is 51.0 Å². The standard InChI is InChI=1S/C18H30N2O/c1-3-11-20-12-6-5-10-18(20)17(14-19)15-8-7-9-16(13-15)21-4-2/h7-9,13,17-18H,3-6,10-12,14,19H2,1-2H3. The van der Waals surface area contributed by atoms with Crippen molar-refractivity contribution in [2.24, 2.45) is 5.73 Å². The van der Waals surface area contributed by atoms with Gasteiger partial charge in [-0.1, -0.05) is 25.5 Å². The van der Waals surface area contributed by atoms with Crippen molar-refractivity contribution in [3.63, 3.8) is 0 Å². The number of rotatable bonds is 7. The number of nitrogens with zero attached hydrogens (tertiary/aromatic N) is 1. The molecule has 1 fully saturated rings. The monoisotopic (exact) mass is 290 g/mol. The van der Waals surface area contributed by atoms with Gasteiger partial charge >= 0.3 is 0 Å². The van der Waals surface area contributed by atoms with E-state index in [0.717, 1.165) is 5.75 Å². The number of nitrogens with two attached hydrogens (primary N) is 1. The van der Waals surface area contributed by atoms with Gasteiger partial charge in [0, 0.05) is 18.5 Å².